The number of benzene rings is 1. The topological polar surface area (TPSA) is 59.8 Å². The van der Waals surface area contributed by atoms with Crippen molar-refractivity contribution in [2.45, 2.75) is 50.4 Å². The first kappa shape index (κ1) is 20.0. The summed E-state index contributed by atoms with van der Waals surface area (Å²) in [4.78, 5) is 12.4. The number of aromatic nitrogens is 3. The highest BCUT2D eigenvalue weighted by Gasteiger charge is 2.23. The summed E-state index contributed by atoms with van der Waals surface area (Å²) in [6.07, 6.45) is 6.53. The molecule has 0 aliphatic heterocycles. The molecule has 1 fully saturated rings. The molecular formula is C20H25ClN4OS. The number of nitrogens with zero attached hydrogens (tertiary/aromatic N) is 3. The van der Waals surface area contributed by atoms with Gasteiger partial charge in [-0.3, -0.25) is 9.36 Å². The van der Waals surface area contributed by atoms with Crippen LogP contribution in [0.25, 0.3) is 11.4 Å². The zero-order valence-corrected chi connectivity index (χ0v) is 17.1. The molecule has 1 heterocycles. The van der Waals surface area contributed by atoms with Crippen LogP contribution in [0.2, 0.25) is 5.02 Å². The molecular weight excluding hydrogens is 380 g/mol. The quantitative estimate of drug-likeness (QED) is 0.542. The Labute approximate surface area is 169 Å². The van der Waals surface area contributed by atoms with E-state index in [4.69, 9.17) is 11.6 Å². The van der Waals surface area contributed by atoms with Gasteiger partial charge in [-0.1, -0.05) is 49.2 Å². The van der Waals surface area contributed by atoms with Gasteiger partial charge in [0.2, 0.25) is 5.91 Å². The lowest BCUT2D eigenvalue weighted by molar-refractivity contribution is -0.119. The normalized spacial score (nSPS) is 19.6. The number of halogens is 1. The maximum Gasteiger partial charge on any atom is 0.230 e. The summed E-state index contributed by atoms with van der Waals surface area (Å²) in [5.74, 6) is 1.68. The van der Waals surface area contributed by atoms with Crippen LogP contribution in [-0.4, -0.2) is 32.5 Å². The number of carbonyl (C=O) groups excluding carboxylic acids is 1. The number of hydrogen-bond acceptors (Lipinski definition) is 4. The van der Waals surface area contributed by atoms with Crippen LogP contribution in [0.3, 0.4) is 0 Å². The van der Waals surface area contributed by atoms with Crippen molar-refractivity contribution in [3.8, 4) is 11.4 Å². The molecule has 1 saturated carbocycles. The highest BCUT2D eigenvalue weighted by atomic mass is 35.5. The first-order chi connectivity index (χ1) is 13.1. The minimum absolute atomic E-state index is 0.0555. The largest absolute Gasteiger partial charge is 0.352 e. The van der Waals surface area contributed by atoms with E-state index in [0.717, 1.165) is 17.8 Å². The molecule has 2 aromatic rings. The fourth-order valence-electron chi connectivity index (χ4n) is 3.41. The number of hydrogen-bond donors (Lipinski definition) is 1. The predicted octanol–water partition coefficient (Wildman–Crippen LogP) is 4.57. The van der Waals surface area contributed by atoms with Gasteiger partial charge in [-0.25, -0.2) is 0 Å². The zero-order chi connectivity index (χ0) is 19.2. The molecule has 1 N–H and O–H groups in total. The standard InChI is InChI=1S/C20H25ClN4OS/c1-3-12-25-19(15-8-10-16(21)11-9-15)23-24-20(25)27-13-18(26)22-17-7-5-4-6-14(17)2/h3,8-11,14,17H,1,4-7,12-13H2,2H3,(H,22,26)/t14-,17+/m1/s1. The molecule has 1 aliphatic carbocycles. The molecule has 3 rings (SSSR count). The van der Waals surface area contributed by atoms with Gasteiger partial charge in [0.1, 0.15) is 0 Å². The second kappa shape index (κ2) is 9.42. The number of nitrogens with one attached hydrogen (secondary N) is 1. The van der Waals surface area contributed by atoms with Gasteiger partial charge in [0.15, 0.2) is 11.0 Å². The van der Waals surface area contributed by atoms with Gasteiger partial charge in [-0.15, -0.1) is 16.8 Å². The Morgan fingerprint density at radius 2 is 2.07 bits per heavy atom. The van der Waals surface area contributed by atoms with Crippen LogP contribution in [0.15, 0.2) is 42.1 Å². The third-order valence-electron chi connectivity index (χ3n) is 4.92. The van der Waals surface area contributed by atoms with E-state index in [0.29, 0.717) is 34.4 Å². The first-order valence-corrected chi connectivity index (χ1v) is 10.7. The van der Waals surface area contributed by atoms with Gasteiger partial charge in [0, 0.05) is 23.2 Å². The lowest BCUT2D eigenvalue weighted by Crippen LogP contribution is -2.41. The molecule has 1 aromatic heterocycles. The number of rotatable bonds is 7. The lowest BCUT2D eigenvalue weighted by Gasteiger charge is -2.29. The van der Waals surface area contributed by atoms with Crippen molar-refractivity contribution in [1.29, 1.82) is 0 Å². The van der Waals surface area contributed by atoms with Gasteiger partial charge in [-0.2, -0.15) is 0 Å². The van der Waals surface area contributed by atoms with Crippen molar-refractivity contribution < 1.29 is 4.79 Å². The summed E-state index contributed by atoms with van der Waals surface area (Å²) in [7, 11) is 0. The number of allylic oxidation sites excluding steroid dienone is 1. The molecule has 1 aliphatic rings. The average molecular weight is 405 g/mol. The Bertz CT molecular complexity index is 790. The molecule has 2 atom stereocenters. The Hall–Kier alpha value is -1.79. The SMILES string of the molecule is C=CCn1c(SCC(=O)N[C@H]2CCCC[C@H]2C)nnc1-c1ccc(Cl)cc1. The molecule has 27 heavy (non-hydrogen) atoms. The molecule has 1 aromatic carbocycles. The molecule has 0 bridgehead atoms. The van der Waals surface area contributed by atoms with E-state index < -0.39 is 0 Å². The van der Waals surface area contributed by atoms with Crippen LogP contribution in [0.5, 0.6) is 0 Å². The number of carbonyl (C=O) groups is 1. The van der Waals surface area contributed by atoms with Crippen LogP contribution in [0.1, 0.15) is 32.6 Å². The summed E-state index contributed by atoms with van der Waals surface area (Å²) < 4.78 is 1.97. The van der Waals surface area contributed by atoms with E-state index in [-0.39, 0.29) is 5.91 Å². The highest BCUT2D eigenvalue weighted by Crippen LogP contribution is 2.26. The summed E-state index contributed by atoms with van der Waals surface area (Å²) in [6, 6.07) is 7.78. The summed E-state index contributed by atoms with van der Waals surface area (Å²) in [6.45, 7) is 6.62. The predicted molar refractivity (Wildman–Crippen MR) is 111 cm³/mol. The van der Waals surface area contributed by atoms with Crippen LogP contribution >= 0.6 is 23.4 Å². The average Bonchev–Trinajstić information content (AvgIpc) is 3.06. The second-order valence-electron chi connectivity index (χ2n) is 6.94. The zero-order valence-electron chi connectivity index (χ0n) is 15.5. The summed E-state index contributed by atoms with van der Waals surface area (Å²) >= 11 is 7.38. The third kappa shape index (κ3) is 5.14. The smallest absolute Gasteiger partial charge is 0.230 e. The van der Waals surface area contributed by atoms with Crippen LogP contribution in [0.4, 0.5) is 0 Å². The van der Waals surface area contributed by atoms with Crippen molar-refractivity contribution in [3.05, 3.63) is 41.9 Å². The first-order valence-electron chi connectivity index (χ1n) is 9.30. The van der Waals surface area contributed by atoms with E-state index in [2.05, 4.69) is 29.0 Å². The van der Waals surface area contributed by atoms with Gasteiger partial charge in [0.05, 0.1) is 5.75 Å². The van der Waals surface area contributed by atoms with Crippen molar-refractivity contribution in [2.24, 2.45) is 5.92 Å². The van der Waals surface area contributed by atoms with Crippen LogP contribution in [-0.2, 0) is 11.3 Å². The Morgan fingerprint density at radius 3 is 2.78 bits per heavy atom. The van der Waals surface area contributed by atoms with E-state index in [9.17, 15) is 4.79 Å². The van der Waals surface area contributed by atoms with Gasteiger partial charge in [-0.05, 0) is 43.0 Å². The molecule has 0 unspecified atom stereocenters. The van der Waals surface area contributed by atoms with E-state index >= 15 is 0 Å². The van der Waals surface area contributed by atoms with E-state index in [1.54, 1.807) is 6.08 Å². The Balaban J connectivity index is 1.66. The number of amides is 1. The summed E-state index contributed by atoms with van der Waals surface area (Å²) in [5.41, 5.74) is 0.932. The molecule has 144 valence electrons. The molecule has 0 saturated heterocycles. The van der Waals surface area contributed by atoms with E-state index in [1.807, 2.05) is 28.8 Å². The van der Waals surface area contributed by atoms with Crippen molar-refractivity contribution in [1.82, 2.24) is 20.1 Å². The molecule has 0 spiro atoms. The molecule has 0 radical (unpaired) electrons. The van der Waals surface area contributed by atoms with Gasteiger partial charge >= 0.3 is 0 Å². The van der Waals surface area contributed by atoms with E-state index in [1.165, 1.54) is 31.0 Å². The lowest BCUT2D eigenvalue weighted by atomic mass is 9.86. The van der Waals surface area contributed by atoms with Gasteiger partial charge < -0.3 is 5.32 Å². The van der Waals surface area contributed by atoms with Crippen LogP contribution < -0.4 is 5.32 Å². The molecule has 7 heteroatoms. The minimum Gasteiger partial charge on any atom is -0.352 e. The Morgan fingerprint density at radius 1 is 1.33 bits per heavy atom. The fourth-order valence-corrected chi connectivity index (χ4v) is 4.30. The second-order valence-corrected chi connectivity index (χ2v) is 8.32. The molecule has 1 amide bonds. The number of thioether (sulfide) groups is 1. The van der Waals surface area contributed by atoms with Crippen LogP contribution in [0, 0.1) is 5.92 Å². The van der Waals surface area contributed by atoms with Crippen molar-refractivity contribution in [2.75, 3.05) is 5.75 Å². The highest BCUT2D eigenvalue weighted by molar-refractivity contribution is 7.99. The minimum atomic E-state index is 0.0555. The van der Waals surface area contributed by atoms with Gasteiger partial charge in [0.25, 0.3) is 0 Å². The summed E-state index contributed by atoms with van der Waals surface area (Å²) in [5, 5.41) is 13.2. The molecule has 5 nitrogen and oxygen atoms in total. The monoisotopic (exact) mass is 404 g/mol. The van der Waals surface area contributed by atoms with Crippen molar-refractivity contribution in [3.63, 3.8) is 0 Å². The maximum absolute atomic E-state index is 12.4. The third-order valence-corrected chi connectivity index (χ3v) is 6.14. The fraction of sp³-hybridized carbons (Fsp3) is 0.450. The Kier molecular flexibility index (Phi) is 6.96. The van der Waals surface area contributed by atoms with Crippen molar-refractivity contribution >= 4 is 29.3 Å². The maximum atomic E-state index is 12.4.